The van der Waals surface area contributed by atoms with Crippen molar-refractivity contribution in [1.29, 1.82) is 0 Å². The molecular weight excluding hydrogens is 176 g/mol. The fourth-order valence-corrected chi connectivity index (χ4v) is 1.81. The van der Waals surface area contributed by atoms with Gasteiger partial charge in [-0.3, -0.25) is 4.79 Å². The van der Waals surface area contributed by atoms with E-state index in [0.717, 1.165) is 6.54 Å². The molecule has 2 N–H and O–H groups in total. The van der Waals surface area contributed by atoms with Crippen molar-refractivity contribution >= 4 is 5.91 Å². The molecule has 0 bridgehead atoms. The number of likely N-dealkylation sites (tertiary alicyclic amines) is 1. The Kier molecular flexibility index (Phi) is 3.20. The molecule has 0 aliphatic carbocycles. The Hall–Kier alpha value is -0.570. The van der Waals surface area contributed by atoms with E-state index in [0.29, 0.717) is 24.9 Å². The summed E-state index contributed by atoms with van der Waals surface area (Å²) in [6, 6.07) is 0.298. The van der Waals surface area contributed by atoms with Crippen LogP contribution in [-0.2, 0) is 4.79 Å². The minimum Gasteiger partial charge on any atom is -0.339 e. The fraction of sp³-hybridized carbons (Fsp3) is 0.909. The van der Waals surface area contributed by atoms with Gasteiger partial charge in [0.15, 0.2) is 0 Å². The van der Waals surface area contributed by atoms with E-state index >= 15 is 0 Å². The Morgan fingerprint density at radius 1 is 1.57 bits per heavy atom. The molecule has 0 aromatic rings. The van der Waals surface area contributed by atoms with Crippen molar-refractivity contribution in [2.24, 2.45) is 17.1 Å². The zero-order chi connectivity index (χ0) is 10.9. The van der Waals surface area contributed by atoms with Crippen LogP contribution >= 0.6 is 0 Å². The molecule has 14 heavy (non-hydrogen) atoms. The average Bonchev–Trinajstić information content (AvgIpc) is 2.43. The molecule has 0 aromatic carbocycles. The second-order valence-corrected chi connectivity index (χ2v) is 5.39. The molecule has 3 nitrogen and oxygen atoms in total. The van der Waals surface area contributed by atoms with E-state index in [9.17, 15) is 4.79 Å². The van der Waals surface area contributed by atoms with Crippen molar-refractivity contribution in [2.75, 3.05) is 13.1 Å². The van der Waals surface area contributed by atoms with Gasteiger partial charge in [0.25, 0.3) is 0 Å². The number of carbonyl (C=O) groups is 1. The van der Waals surface area contributed by atoms with Gasteiger partial charge in [-0.25, -0.2) is 0 Å². The van der Waals surface area contributed by atoms with Crippen LogP contribution in [0.3, 0.4) is 0 Å². The Morgan fingerprint density at radius 2 is 2.14 bits per heavy atom. The SMILES string of the molecule is CC(N1CC(CN)CC1=O)C(C)(C)C. The molecule has 1 heterocycles. The van der Waals surface area contributed by atoms with Gasteiger partial charge in [-0.05, 0) is 24.8 Å². The minimum absolute atomic E-state index is 0.152. The normalized spacial score (nSPS) is 25.6. The first-order valence-electron chi connectivity index (χ1n) is 5.35. The van der Waals surface area contributed by atoms with Crippen molar-refractivity contribution in [1.82, 2.24) is 4.90 Å². The number of amides is 1. The van der Waals surface area contributed by atoms with Crippen LogP contribution < -0.4 is 5.73 Å². The Bertz CT molecular complexity index is 220. The van der Waals surface area contributed by atoms with E-state index in [2.05, 4.69) is 27.7 Å². The number of hydrogen-bond donors (Lipinski definition) is 1. The predicted molar refractivity (Wildman–Crippen MR) is 57.8 cm³/mol. The Morgan fingerprint density at radius 3 is 2.50 bits per heavy atom. The lowest BCUT2D eigenvalue weighted by Gasteiger charge is -2.35. The van der Waals surface area contributed by atoms with Crippen LogP contribution in [-0.4, -0.2) is 29.9 Å². The first kappa shape index (κ1) is 11.5. The molecule has 2 atom stereocenters. The molecule has 0 spiro atoms. The summed E-state index contributed by atoms with van der Waals surface area (Å²) in [5.74, 6) is 0.634. The maximum atomic E-state index is 11.7. The number of nitrogens with two attached hydrogens (primary N) is 1. The smallest absolute Gasteiger partial charge is 0.223 e. The molecule has 0 aromatic heterocycles. The van der Waals surface area contributed by atoms with E-state index < -0.39 is 0 Å². The van der Waals surface area contributed by atoms with Crippen LogP contribution in [0.1, 0.15) is 34.1 Å². The van der Waals surface area contributed by atoms with Gasteiger partial charge < -0.3 is 10.6 Å². The fourth-order valence-electron chi connectivity index (χ4n) is 1.81. The lowest BCUT2D eigenvalue weighted by atomic mass is 9.87. The highest BCUT2D eigenvalue weighted by molar-refractivity contribution is 5.79. The quantitative estimate of drug-likeness (QED) is 0.725. The molecule has 1 saturated heterocycles. The topological polar surface area (TPSA) is 46.3 Å². The lowest BCUT2D eigenvalue weighted by molar-refractivity contribution is -0.131. The minimum atomic E-state index is 0.152. The molecule has 82 valence electrons. The summed E-state index contributed by atoms with van der Waals surface area (Å²) < 4.78 is 0. The van der Waals surface area contributed by atoms with Crippen LogP contribution in [0.4, 0.5) is 0 Å². The summed E-state index contributed by atoms with van der Waals surface area (Å²) in [6.07, 6.45) is 0.636. The molecule has 1 fully saturated rings. The molecule has 0 radical (unpaired) electrons. The summed E-state index contributed by atoms with van der Waals surface area (Å²) in [5.41, 5.74) is 5.74. The van der Waals surface area contributed by atoms with Crippen LogP contribution in [0, 0.1) is 11.3 Å². The van der Waals surface area contributed by atoms with Gasteiger partial charge in [0.2, 0.25) is 5.91 Å². The molecule has 1 rings (SSSR count). The highest BCUT2D eigenvalue weighted by Crippen LogP contribution is 2.29. The van der Waals surface area contributed by atoms with Crippen LogP contribution in [0.2, 0.25) is 0 Å². The maximum Gasteiger partial charge on any atom is 0.223 e. The van der Waals surface area contributed by atoms with Crippen molar-refractivity contribution in [3.8, 4) is 0 Å². The van der Waals surface area contributed by atoms with Crippen molar-refractivity contribution < 1.29 is 4.79 Å². The van der Waals surface area contributed by atoms with Crippen LogP contribution in [0.15, 0.2) is 0 Å². The average molecular weight is 198 g/mol. The van der Waals surface area contributed by atoms with E-state index in [-0.39, 0.29) is 11.3 Å². The predicted octanol–water partition coefficient (Wildman–Crippen LogP) is 1.23. The van der Waals surface area contributed by atoms with Gasteiger partial charge >= 0.3 is 0 Å². The van der Waals surface area contributed by atoms with Gasteiger partial charge in [-0.2, -0.15) is 0 Å². The molecule has 1 amide bonds. The summed E-state index contributed by atoms with van der Waals surface area (Å²) in [6.45, 7) is 10.1. The third-order valence-electron chi connectivity index (χ3n) is 3.29. The van der Waals surface area contributed by atoms with Crippen molar-refractivity contribution in [3.63, 3.8) is 0 Å². The highest BCUT2D eigenvalue weighted by Gasteiger charge is 2.36. The van der Waals surface area contributed by atoms with Gasteiger partial charge in [-0.1, -0.05) is 20.8 Å². The van der Waals surface area contributed by atoms with Crippen molar-refractivity contribution in [2.45, 2.75) is 40.2 Å². The Labute approximate surface area is 86.6 Å². The first-order chi connectivity index (χ1) is 6.36. The third-order valence-corrected chi connectivity index (χ3v) is 3.29. The van der Waals surface area contributed by atoms with Gasteiger partial charge in [0.05, 0.1) is 0 Å². The molecule has 1 aliphatic heterocycles. The largest absolute Gasteiger partial charge is 0.339 e. The molecule has 3 heteroatoms. The first-order valence-corrected chi connectivity index (χ1v) is 5.35. The third kappa shape index (κ3) is 2.27. The zero-order valence-corrected chi connectivity index (χ0v) is 9.71. The molecular formula is C11H22N2O. The van der Waals surface area contributed by atoms with E-state index in [4.69, 9.17) is 5.73 Å². The second-order valence-electron chi connectivity index (χ2n) is 5.39. The van der Waals surface area contributed by atoms with E-state index in [1.165, 1.54) is 0 Å². The standard InChI is InChI=1S/C11H22N2O/c1-8(11(2,3)4)13-7-9(6-12)5-10(13)14/h8-9H,5-7,12H2,1-4H3. The summed E-state index contributed by atoms with van der Waals surface area (Å²) in [5, 5.41) is 0. The highest BCUT2D eigenvalue weighted by atomic mass is 16.2. The number of nitrogens with zero attached hydrogens (tertiary/aromatic N) is 1. The monoisotopic (exact) mass is 198 g/mol. The molecule has 1 aliphatic rings. The summed E-state index contributed by atoms with van der Waals surface area (Å²) >= 11 is 0. The van der Waals surface area contributed by atoms with Gasteiger partial charge in [-0.15, -0.1) is 0 Å². The van der Waals surface area contributed by atoms with Crippen LogP contribution in [0.25, 0.3) is 0 Å². The second kappa shape index (κ2) is 3.89. The van der Waals surface area contributed by atoms with Gasteiger partial charge in [0, 0.05) is 19.0 Å². The van der Waals surface area contributed by atoms with E-state index in [1.54, 1.807) is 0 Å². The van der Waals surface area contributed by atoms with Crippen LogP contribution in [0.5, 0.6) is 0 Å². The number of rotatable bonds is 2. The summed E-state index contributed by atoms with van der Waals surface area (Å²) in [7, 11) is 0. The maximum absolute atomic E-state index is 11.7. The zero-order valence-electron chi connectivity index (χ0n) is 9.71. The molecule has 0 saturated carbocycles. The van der Waals surface area contributed by atoms with Crippen molar-refractivity contribution in [3.05, 3.63) is 0 Å². The Balaban J connectivity index is 2.66. The lowest BCUT2D eigenvalue weighted by Crippen LogP contribution is -2.43. The van der Waals surface area contributed by atoms with E-state index in [1.807, 2.05) is 4.90 Å². The van der Waals surface area contributed by atoms with Gasteiger partial charge in [0.1, 0.15) is 0 Å². The summed E-state index contributed by atoms with van der Waals surface area (Å²) in [4.78, 5) is 13.7. The number of hydrogen-bond acceptors (Lipinski definition) is 2. The number of carbonyl (C=O) groups excluding carboxylic acids is 1. The molecule has 2 unspecified atom stereocenters.